The van der Waals surface area contributed by atoms with Gasteiger partial charge in [-0.25, -0.2) is 9.78 Å². The van der Waals surface area contributed by atoms with E-state index in [0.717, 1.165) is 37.5 Å². The van der Waals surface area contributed by atoms with Gasteiger partial charge in [0.2, 0.25) is 5.91 Å². The smallest absolute Gasteiger partial charge is 0.336 e. The number of carbonyl (C=O) groups is 2. The first-order chi connectivity index (χ1) is 18.0. The zero-order valence-electron chi connectivity index (χ0n) is 20.6. The Hall–Kier alpha value is -4.59. The van der Waals surface area contributed by atoms with Crippen LogP contribution < -0.4 is 19.9 Å². The minimum absolute atomic E-state index is 0.164. The molecular weight excluding hydrogens is 468 g/mol. The maximum atomic E-state index is 12.6. The van der Waals surface area contributed by atoms with Gasteiger partial charge in [-0.2, -0.15) is 0 Å². The number of carbonyl (C=O) groups excluding carboxylic acids is 1. The monoisotopic (exact) mass is 496 g/mol. The van der Waals surface area contributed by atoms with Crippen LogP contribution in [0.5, 0.6) is 5.75 Å². The fraction of sp³-hybridized carbons (Fsp3) is 0.207. The van der Waals surface area contributed by atoms with E-state index in [1.807, 2.05) is 42.5 Å². The van der Waals surface area contributed by atoms with Crippen molar-refractivity contribution < 1.29 is 19.4 Å². The zero-order chi connectivity index (χ0) is 25.8. The molecule has 2 heterocycles. The number of methoxy groups -OCH3 is 1. The average Bonchev–Trinajstić information content (AvgIpc) is 2.93. The van der Waals surface area contributed by atoms with Crippen LogP contribution in [0.15, 0.2) is 78.9 Å². The third kappa shape index (κ3) is 5.48. The number of nitrogens with one attached hydrogen (secondary N) is 1. The van der Waals surface area contributed by atoms with Crippen LogP contribution in [0, 0.1) is 0 Å². The minimum Gasteiger partial charge on any atom is -0.497 e. The van der Waals surface area contributed by atoms with E-state index in [4.69, 9.17) is 9.72 Å². The lowest BCUT2D eigenvalue weighted by atomic mass is 10.1. The Kier molecular flexibility index (Phi) is 6.89. The zero-order valence-corrected chi connectivity index (χ0v) is 20.6. The lowest BCUT2D eigenvalue weighted by Gasteiger charge is -2.37. The molecule has 0 saturated carbocycles. The molecule has 37 heavy (non-hydrogen) atoms. The fourth-order valence-corrected chi connectivity index (χ4v) is 4.60. The van der Waals surface area contributed by atoms with Crippen molar-refractivity contribution in [3.8, 4) is 5.75 Å². The fourth-order valence-electron chi connectivity index (χ4n) is 4.60. The highest BCUT2D eigenvalue weighted by molar-refractivity contribution is 6.05. The number of benzene rings is 3. The van der Waals surface area contributed by atoms with Gasteiger partial charge in [0, 0.05) is 42.9 Å². The van der Waals surface area contributed by atoms with Gasteiger partial charge in [0.05, 0.1) is 24.6 Å². The largest absolute Gasteiger partial charge is 0.497 e. The van der Waals surface area contributed by atoms with Crippen LogP contribution in [0.1, 0.15) is 15.9 Å². The first kappa shape index (κ1) is 24.1. The summed E-state index contributed by atoms with van der Waals surface area (Å²) < 4.78 is 5.15. The second kappa shape index (κ2) is 10.6. The molecule has 0 aliphatic carbocycles. The number of amides is 1. The molecule has 0 radical (unpaired) electrons. The van der Waals surface area contributed by atoms with Crippen molar-refractivity contribution in [2.75, 3.05) is 48.4 Å². The van der Waals surface area contributed by atoms with Gasteiger partial charge in [-0.15, -0.1) is 0 Å². The number of hydrogen-bond donors (Lipinski definition) is 2. The van der Waals surface area contributed by atoms with Gasteiger partial charge < -0.3 is 25.0 Å². The van der Waals surface area contributed by atoms with E-state index in [1.165, 1.54) is 5.69 Å². The molecule has 1 amide bonds. The van der Waals surface area contributed by atoms with Crippen LogP contribution in [0.3, 0.4) is 0 Å². The Labute approximate surface area is 215 Å². The summed E-state index contributed by atoms with van der Waals surface area (Å²) in [6.07, 6.45) is 0.194. The molecule has 8 heteroatoms. The summed E-state index contributed by atoms with van der Waals surface area (Å²) in [5.41, 5.74) is 3.30. The summed E-state index contributed by atoms with van der Waals surface area (Å²) in [5.74, 6) is 0.152. The number of rotatable bonds is 7. The predicted molar refractivity (Wildman–Crippen MR) is 145 cm³/mol. The van der Waals surface area contributed by atoms with Crippen LogP contribution in [0.25, 0.3) is 10.9 Å². The number of ether oxygens (including phenoxy) is 1. The normalized spacial score (nSPS) is 13.4. The highest BCUT2D eigenvalue weighted by Gasteiger charge is 2.21. The molecule has 1 aliphatic rings. The molecule has 0 spiro atoms. The van der Waals surface area contributed by atoms with Gasteiger partial charge in [-0.3, -0.25) is 4.79 Å². The summed E-state index contributed by atoms with van der Waals surface area (Å²) >= 11 is 0. The van der Waals surface area contributed by atoms with Crippen molar-refractivity contribution in [1.82, 2.24) is 4.98 Å². The molecule has 1 aromatic heterocycles. The summed E-state index contributed by atoms with van der Waals surface area (Å²) in [5, 5.41) is 13.3. The van der Waals surface area contributed by atoms with Crippen molar-refractivity contribution in [1.29, 1.82) is 0 Å². The lowest BCUT2D eigenvalue weighted by molar-refractivity contribution is -0.115. The van der Waals surface area contributed by atoms with Crippen LogP contribution >= 0.6 is 0 Å². The average molecular weight is 497 g/mol. The number of hydrogen-bond acceptors (Lipinski definition) is 6. The van der Waals surface area contributed by atoms with E-state index in [0.29, 0.717) is 22.4 Å². The van der Waals surface area contributed by atoms with Gasteiger partial charge in [0.25, 0.3) is 0 Å². The van der Waals surface area contributed by atoms with E-state index < -0.39 is 5.97 Å². The summed E-state index contributed by atoms with van der Waals surface area (Å²) in [7, 11) is 1.59. The van der Waals surface area contributed by atoms with Gasteiger partial charge in [-0.1, -0.05) is 30.3 Å². The van der Waals surface area contributed by atoms with Crippen molar-refractivity contribution in [3.63, 3.8) is 0 Å². The molecular formula is C29H28N4O4. The van der Waals surface area contributed by atoms with Crippen LogP contribution in [-0.4, -0.2) is 55.3 Å². The number of carboxylic acid groups (broad SMARTS) is 1. The number of aromatic nitrogens is 1. The number of pyridine rings is 1. The molecule has 188 valence electrons. The number of fused-ring (bicyclic) bond motifs is 1. The number of carboxylic acids is 1. The second-order valence-electron chi connectivity index (χ2n) is 8.95. The van der Waals surface area contributed by atoms with Crippen LogP contribution in [0.4, 0.5) is 17.2 Å². The maximum absolute atomic E-state index is 12.6. The standard InChI is InChI=1S/C29H28N4O4/c1-37-23-10-7-20(8-11-23)17-28(34)30-21-9-12-26-24(18-21)25(29(35)36)19-27(31-26)33-15-13-32(14-16-33)22-5-3-2-4-6-22/h2-12,18-19H,13-17H2,1H3,(H,30,34)(H,35,36). The molecule has 1 aliphatic heterocycles. The van der Waals surface area contributed by atoms with Crippen LogP contribution in [-0.2, 0) is 11.2 Å². The van der Waals surface area contributed by atoms with Gasteiger partial charge in [0.1, 0.15) is 11.6 Å². The van der Waals surface area contributed by atoms with E-state index in [9.17, 15) is 14.7 Å². The number of nitrogens with zero attached hydrogens (tertiary/aromatic N) is 3. The minimum atomic E-state index is -1.03. The van der Waals surface area contributed by atoms with E-state index in [1.54, 1.807) is 31.4 Å². The second-order valence-corrected chi connectivity index (χ2v) is 8.95. The maximum Gasteiger partial charge on any atom is 0.336 e. The van der Waals surface area contributed by atoms with Gasteiger partial charge in [-0.05, 0) is 54.1 Å². The van der Waals surface area contributed by atoms with Crippen molar-refractivity contribution >= 4 is 40.0 Å². The molecule has 0 bridgehead atoms. The van der Waals surface area contributed by atoms with E-state index in [-0.39, 0.29) is 17.9 Å². The molecule has 3 aromatic carbocycles. The number of piperazine rings is 1. The Morgan fingerprint density at radius 1 is 0.919 bits per heavy atom. The molecule has 4 aromatic rings. The van der Waals surface area contributed by atoms with Gasteiger partial charge >= 0.3 is 5.97 Å². The van der Waals surface area contributed by atoms with Gasteiger partial charge in [0.15, 0.2) is 0 Å². The molecule has 1 fully saturated rings. The molecule has 0 atom stereocenters. The summed E-state index contributed by atoms with van der Waals surface area (Å²) in [6, 6.07) is 24.4. The Bertz CT molecular complexity index is 1420. The lowest BCUT2D eigenvalue weighted by Crippen LogP contribution is -2.46. The number of aromatic carboxylic acids is 1. The number of para-hydroxylation sites is 1. The van der Waals surface area contributed by atoms with Crippen molar-refractivity contribution in [3.05, 3.63) is 90.0 Å². The molecule has 1 saturated heterocycles. The topological polar surface area (TPSA) is 95.0 Å². The number of anilines is 3. The van der Waals surface area contributed by atoms with E-state index >= 15 is 0 Å². The van der Waals surface area contributed by atoms with Crippen molar-refractivity contribution in [2.45, 2.75) is 6.42 Å². The molecule has 5 rings (SSSR count). The molecule has 0 unspecified atom stereocenters. The predicted octanol–water partition coefficient (Wildman–Crippen LogP) is 4.45. The summed E-state index contributed by atoms with van der Waals surface area (Å²) in [4.78, 5) is 34.0. The SMILES string of the molecule is COc1ccc(CC(=O)Nc2ccc3nc(N4CCN(c5ccccc5)CC4)cc(C(=O)O)c3c2)cc1. The summed E-state index contributed by atoms with van der Waals surface area (Å²) in [6.45, 7) is 3.13. The molecule has 2 N–H and O–H groups in total. The van der Waals surface area contributed by atoms with E-state index in [2.05, 4.69) is 27.2 Å². The Morgan fingerprint density at radius 2 is 1.62 bits per heavy atom. The van der Waals surface area contributed by atoms with Crippen molar-refractivity contribution in [2.24, 2.45) is 0 Å². The quantitative estimate of drug-likeness (QED) is 0.390. The highest BCUT2D eigenvalue weighted by atomic mass is 16.5. The third-order valence-corrected chi connectivity index (χ3v) is 6.56. The Morgan fingerprint density at radius 3 is 2.30 bits per heavy atom. The first-order valence-corrected chi connectivity index (χ1v) is 12.2. The third-order valence-electron chi connectivity index (χ3n) is 6.56. The first-order valence-electron chi connectivity index (χ1n) is 12.2. The highest BCUT2D eigenvalue weighted by Crippen LogP contribution is 2.27. The molecule has 8 nitrogen and oxygen atoms in total. The Balaban J connectivity index is 1.32. The van der Waals surface area contributed by atoms with Crippen LogP contribution in [0.2, 0.25) is 0 Å².